The lowest BCUT2D eigenvalue weighted by Gasteiger charge is -2.32. The van der Waals surface area contributed by atoms with E-state index in [1.165, 1.54) is 0 Å². The molecule has 0 atom stereocenters. The number of aryl methyl sites for hydroxylation is 2. The van der Waals surface area contributed by atoms with Gasteiger partial charge in [0.25, 0.3) is 5.91 Å². The highest BCUT2D eigenvalue weighted by atomic mass is 19.3. The number of halogens is 2. The van der Waals surface area contributed by atoms with Crippen molar-refractivity contribution >= 4 is 5.91 Å². The SMILES string of the molecule is CNCC1CCN(C(=O)c2cc(C)c(OC(F)F)c(C)c2)CC1. The van der Waals surface area contributed by atoms with E-state index in [9.17, 15) is 13.6 Å². The second-order valence-electron chi connectivity index (χ2n) is 6.11. The number of hydrogen-bond acceptors (Lipinski definition) is 3. The minimum Gasteiger partial charge on any atom is -0.434 e. The summed E-state index contributed by atoms with van der Waals surface area (Å²) in [4.78, 5) is 14.5. The molecule has 6 heteroatoms. The van der Waals surface area contributed by atoms with Gasteiger partial charge in [0.2, 0.25) is 0 Å². The topological polar surface area (TPSA) is 41.6 Å². The summed E-state index contributed by atoms with van der Waals surface area (Å²) in [6.45, 7) is 2.94. The number of carbonyl (C=O) groups is 1. The summed E-state index contributed by atoms with van der Waals surface area (Å²) in [5.74, 6) is 0.723. The lowest BCUT2D eigenvalue weighted by Crippen LogP contribution is -2.40. The third-order valence-electron chi connectivity index (χ3n) is 4.31. The maximum atomic E-state index is 12.6. The van der Waals surface area contributed by atoms with Crippen molar-refractivity contribution in [1.29, 1.82) is 0 Å². The number of likely N-dealkylation sites (tertiary alicyclic amines) is 1. The van der Waals surface area contributed by atoms with Gasteiger partial charge in [0, 0.05) is 18.7 Å². The first-order valence-corrected chi connectivity index (χ1v) is 7.92. The maximum absolute atomic E-state index is 12.6. The zero-order chi connectivity index (χ0) is 17.0. The first-order valence-electron chi connectivity index (χ1n) is 7.92. The molecule has 1 aromatic rings. The highest BCUT2D eigenvalue weighted by Crippen LogP contribution is 2.28. The Bertz CT molecular complexity index is 533. The van der Waals surface area contributed by atoms with E-state index in [4.69, 9.17) is 0 Å². The van der Waals surface area contributed by atoms with Gasteiger partial charge in [-0.2, -0.15) is 8.78 Å². The predicted octanol–water partition coefficient (Wildman–Crippen LogP) is 2.98. The van der Waals surface area contributed by atoms with Crippen molar-refractivity contribution in [3.05, 3.63) is 28.8 Å². The van der Waals surface area contributed by atoms with Crippen LogP contribution in [0.15, 0.2) is 12.1 Å². The van der Waals surface area contributed by atoms with Crippen molar-refractivity contribution in [2.24, 2.45) is 5.92 Å². The molecule has 0 aromatic heterocycles. The van der Waals surface area contributed by atoms with Crippen LogP contribution in [-0.4, -0.2) is 44.1 Å². The van der Waals surface area contributed by atoms with E-state index in [0.717, 1.165) is 32.5 Å². The molecule has 128 valence electrons. The van der Waals surface area contributed by atoms with Gasteiger partial charge in [-0.25, -0.2) is 0 Å². The molecular formula is C17H24F2N2O2. The van der Waals surface area contributed by atoms with Crippen LogP contribution < -0.4 is 10.1 Å². The molecule has 4 nitrogen and oxygen atoms in total. The Labute approximate surface area is 135 Å². The van der Waals surface area contributed by atoms with Crippen LogP contribution in [0.5, 0.6) is 5.75 Å². The number of piperidine rings is 1. The van der Waals surface area contributed by atoms with E-state index in [2.05, 4.69) is 10.1 Å². The fraction of sp³-hybridized carbons (Fsp3) is 0.588. The van der Waals surface area contributed by atoms with Crippen LogP contribution in [0, 0.1) is 19.8 Å². The molecule has 1 aliphatic heterocycles. The number of alkyl halides is 2. The van der Waals surface area contributed by atoms with Crippen LogP contribution in [0.1, 0.15) is 34.3 Å². The highest BCUT2D eigenvalue weighted by Gasteiger charge is 2.24. The first kappa shape index (κ1) is 17.7. The molecule has 1 amide bonds. The van der Waals surface area contributed by atoms with Crippen molar-refractivity contribution < 1.29 is 18.3 Å². The Morgan fingerprint density at radius 1 is 1.30 bits per heavy atom. The molecule has 0 saturated carbocycles. The number of rotatable bonds is 5. The van der Waals surface area contributed by atoms with Crippen LogP contribution >= 0.6 is 0 Å². The fourth-order valence-corrected chi connectivity index (χ4v) is 3.16. The lowest BCUT2D eigenvalue weighted by molar-refractivity contribution is -0.0507. The van der Waals surface area contributed by atoms with Gasteiger partial charge in [0.05, 0.1) is 0 Å². The van der Waals surface area contributed by atoms with Crippen LogP contribution in [0.25, 0.3) is 0 Å². The molecule has 1 fully saturated rings. The Balaban J connectivity index is 2.08. The number of benzene rings is 1. The molecule has 0 spiro atoms. The second-order valence-corrected chi connectivity index (χ2v) is 6.11. The summed E-state index contributed by atoms with van der Waals surface area (Å²) in [7, 11) is 1.94. The summed E-state index contributed by atoms with van der Waals surface area (Å²) in [6.07, 6.45) is 1.97. The van der Waals surface area contributed by atoms with Crippen LogP contribution in [0.3, 0.4) is 0 Å². The van der Waals surface area contributed by atoms with E-state index in [-0.39, 0.29) is 11.7 Å². The molecule has 1 N–H and O–H groups in total. The van der Waals surface area contributed by atoms with Crippen LogP contribution in [0.2, 0.25) is 0 Å². The third-order valence-corrected chi connectivity index (χ3v) is 4.31. The highest BCUT2D eigenvalue weighted by molar-refractivity contribution is 5.95. The maximum Gasteiger partial charge on any atom is 0.387 e. The summed E-state index contributed by atoms with van der Waals surface area (Å²) in [6, 6.07) is 3.26. The van der Waals surface area contributed by atoms with Crippen molar-refractivity contribution in [1.82, 2.24) is 10.2 Å². The standard InChI is InChI=1S/C17H24F2N2O2/c1-11-8-14(9-12(2)15(11)23-17(18)19)16(22)21-6-4-13(5-7-21)10-20-3/h8-9,13,17,20H,4-7,10H2,1-3H3. The molecule has 0 unspecified atom stereocenters. The lowest BCUT2D eigenvalue weighted by atomic mass is 9.96. The molecule has 23 heavy (non-hydrogen) atoms. The summed E-state index contributed by atoms with van der Waals surface area (Å²) < 4.78 is 29.4. The average Bonchev–Trinajstić information content (AvgIpc) is 2.51. The fourth-order valence-electron chi connectivity index (χ4n) is 3.16. The van der Waals surface area contributed by atoms with Gasteiger partial charge < -0.3 is 15.0 Å². The number of nitrogens with one attached hydrogen (secondary N) is 1. The van der Waals surface area contributed by atoms with Gasteiger partial charge in [-0.05, 0) is 69.5 Å². The van der Waals surface area contributed by atoms with E-state index in [1.807, 2.05) is 11.9 Å². The zero-order valence-electron chi connectivity index (χ0n) is 13.9. The van der Waals surface area contributed by atoms with Gasteiger partial charge >= 0.3 is 6.61 Å². The number of hydrogen-bond donors (Lipinski definition) is 1. The third kappa shape index (κ3) is 4.41. The normalized spacial score (nSPS) is 16.0. The second kappa shape index (κ2) is 7.73. The summed E-state index contributed by atoms with van der Waals surface area (Å²) in [5, 5.41) is 3.17. The van der Waals surface area contributed by atoms with E-state index < -0.39 is 6.61 Å². The van der Waals surface area contributed by atoms with E-state index in [0.29, 0.717) is 22.6 Å². The molecule has 1 heterocycles. The number of ether oxygens (including phenoxy) is 1. The molecule has 1 saturated heterocycles. The molecule has 0 aliphatic carbocycles. The monoisotopic (exact) mass is 326 g/mol. The molecule has 1 aliphatic rings. The van der Waals surface area contributed by atoms with Gasteiger partial charge in [0.15, 0.2) is 0 Å². The number of carbonyl (C=O) groups excluding carboxylic acids is 1. The molecular weight excluding hydrogens is 302 g/mol. The molecule has 2 rings (SSSR count). The zero-order valence-corrected chi connectivity index (χ0v) is 13.9. The van der Waals surface area contributed by atoms with Crippen molar-refractivity contribution in [3.8, 4) is 5.75 Å². The minimum atomic E-state index is -2.86. The van der Waals surface area contributed by atoms with E-state index >= 15 is 0 Å². The Kier molecular flexibility index (Phi) is 5.93. The van der Waals surface area contributed by atoms with Crippen LogP contribution in [-0.2, 0) is 0 Å². The predicted molar refractivity (Wildman–Crippen MR) is 85.1 cm³/mol. The number of amides is 1. The van der Waals surface area contributed by atoms with E-state index in [1.54, 1.807) is 26.0 Å². The molecule has 1 aromatic carbocycles. The Hall–Kier alpha value is -1.69. The van der Waals surface area contributed by atoms with Gasteiger partial charge in [-0.1, -0.05) is 0 Å². The summed E-state index contributed by atoms with van der Waals surface area (Å²) >= 11 is 0. The van der Waals surface area contributed by atoms with Gasteiger partial charge in [-0.3, -0.25) is 4.79 Å². The smallest absolute Gasteiger partial charge is 0.387 e. The Morgan fingerprint density at radius 2 is 1.87 bits per heavy atom. The van der Waals surface area contributed by atoms with Gasteiger partial charge in [-0.15, -0.1) is 0 Å². The molecule has 0 bridgehead atoms. The van der Waals surface area contributed by atoms with Crippen LogP contribution in [0.4, 0.5) is 8.78 Å². The first-order chi connectivity index (χ1) is 10.9. The minimum absolute atomic E-state index is 0.0392. The largest absolute Gasteiger partial charge is 0.434 e. The van der Waals surface area contributed by atoms with Crippen molar-refractivity contribution in [3.63, 3.8) is 0 Å². The average molecular weight is 326 g/mol. The summed E-state index contributed by atoms with van der Waals surface area (Å²) in [5.41, 5.74) is 1.64. The quantitative estimate of drug-likeness (QED) is 0.904. The van der Waals surface area contributed by atoms with Gasteiger partial charge in [0.1, 0.15) is 5.75 Å². The molecule has 0 radical (unpaired) electrons. The van der Waals surface area contributed by atoms with Crippen molar-refractivity contribution in [2.45, 2.75) is 33.3 Å². The number of nitrogens with zero attached hydrogens (tertiary/aromatic N) is 1. The van der Waals surface area contributed by atoms with Crippen molar-refractivity contribution in [2.75, 3.05) is 26.7 Å². The Morgan fingerprint density at radius 3 is 2.35 bits per heavy atom.